The molecule has 98 valence electrons. The Bertz CT molecular complexity index is 595. The third-order valence-electron chi connectivity index (χ3n) is 2.57. The number of aromatic nitrogens is 3. The SMILES string of the molecule is CC(C(=O)Nc1cccnc1C(=O)O)n1cccn1. The van der Waals surface area contributed by atoms with Crippen molar-refractivity contribution in [2.45, 2.75) is 13.0 Å². The maximum Gasteiger partial charge on any atom is 0.356 e. The van der Waals surface area contributed by atoms with Crippen LogP contribution >= 0.6 is 0 Å². The molecular formula is C12H12N4O3. The highest BCUT2D eigenvalue weighted by Gasteiger charge is 2.18. The molecule has 0 fully saturated rings. The van der Waals surface area contributed by atoms with Crippen LogP contribution in [0.4, 0.5) is 5.69 Å². The normalized spacial score (nSPS) is 11.8. The van der Waals surface area contributed by atoms with Gasteiger partial charge in [0, 0.05) is 18.6 Å². The first-order valence-electron chi connectivity index (χ1n) is 5.58. The van der Waals surface area contributed by atoms with E-state index < -0.39 is 12.0 Å². The summed E-state index contributed by atoms with van der Waals surface area (Å²) in [5, 5.41) is 15.5. The van der Waals surface area contributed by atoms with E-state index in [1.54, 1.807) is 31.5 Å². The first kappa shape index (κ1) is 12.7. The first-order valence-corrected chi connectivity index (χ1v) is 5.58. The quantitative estimate of drug-likeness (QED) is 0.860. The summed E-state index contributed by atoms with van der Waals surface area (Å²) >= 11 is 0. The van der Waals surface area contributed by atoms with Crippen molar-refractivity contribution in [3.05, 3.63) is 42.5 Å². The highest BCUT2D eigenvalue weighted by atomic mass is 16.4. The van der Waals surface area contributed by atoms with E-state index in [4.69, 9.17) is 5.11 Å². The lowest BCUT2D eigenvalue weighted by Gasteiger charge is -2.13. The van der Waals surface area contributed by atoms with E-state index in [0.717, 1.165) is 0 Å². The topological polar surface area (TPSA) is 97.1 Å². The summed E-state index contributed by atoms with van der Waals surface area (Å²) in [6, 6.07) is 4.21. The van der Waals surface area contributed by atoms with Crippen molar-refractivity contribution in [2.75, 3.05) is 5.32 Å². The highest BCUT2D eigenvalue weighted by molar-refractivity contribution is 6.00. The van der Waals surface area contributed by atoms with Gasteiger partial charge in [0.1, 0.15) is 6.04 Å². The fourth-order valence-electron chi connectivity index (χ4n) is 1.54. The molecule has 2 N–H and O–H groups in total. The Morgan fingerprint density at radius 1 is 1.37 bits per heavy atom. The molecule has 1 amide bonds. The van der Waals surface area contributed by atoms with Gasteiger partial charge in [0.2, 0.25) is 5.91 Å². The van der Waals surface area contributed by atoms with E-state index in [1.165, 1.54) is 16.9 Å². The molecule has 2 heterocycles. The van der Waals surface area contributed by atoms with Crippen LogP contribution in [0.1, 0.15) is 23.5 Å². The van der Waals surface area contributed by atoms with Gasteiger partial charge in [0.15, 0.2) is 5.69 Å². The van der Waals surface area contributed by atoms with Crippen LogP contribution in [0.25, 0.3) is 0 Å². The van der Waals surface area contributed by atoms with Gasteiger partial charge < -0.3 is 10.4 Å². The number of nitrogens with one attached hydrogen (secondary N) is 1. The Kier molecular flexibility index (Phi) is 3.56. The van der Waals surface area contributed by atoms with Gasteiger partial charge in [-0.2, -0.15) is 5.10 Å². The molecule has 7 heteroatoms. The number of carbonyl (C=O) groups excluding carboxylic acids is 1. The summed E-state index contributed by atoms with van der Waals surface area (Å²) in [5.41, 5.74) is -0.0254. The number of hydrogen-bond acceptors (Lipinski definition) is 4. The molecule has 0 aliphatic carbocycles. The van der Waals surface area contributed by atoms with Crippen molar-refractivity contribution in [3.63, 3.8) is 0 Å². The third-order valence-corrected chi connectivity index (χ3v) is 2.57. The largest absolute Gasteiger partial charge is 0.476 e. The number of carboxylic acid groups (broad SMARTS) is 1. The molecule has 0 spiro atoms. The van der Waals surface area contributed by atoms with Crippen molar-refractivity contribution in [2.24, 2.45) is 0 Å². The second kappa shape index (κ2) is 5.30. The standard InChI is InChI=1S/C12H12N4O3/c1-8(16-7-3-6-14-16)11(17)15-9-4-2-5-13-10(9)12(18)19/h2-8H,1H3,(H,15,17)(H,18,19). The van der Waals surface area contributed by atoms with Gasteiger partial charge >= 0.3 is 5.97 Å². The zero-order valence-corrected chi connectivity index (χ0v) is 10.1. The molecule has 0 aliphatic heterocycles. The minimum absolute atomic E-state index is 0.166. The monoisotopic (exact) mass is 260 g/mol. The summed E-state index contributed by atoms with van der Waals surface area (Å²) in [6.07, 6.45) is 4.58. The Morgan fingerprint density at radius 3 is 2.79 bits per heavy atom. The van der Waals surface area contributed by atoms with Gasteiger partial charge in [-0.05, 0) is 25.1 Å². The summed E-state index contributed by atoms with van der Waals surface area (Å²) < 4.78 is 1.48. The van der Waals surface area contributed by atoms with Crippen LogP contribution in [0.15, 0.2) is 36.8 Å². The number of hydrogen-bond donors (Lipinski definition) is 2. The van der Waals surface area contributed by atoms with E-state index in [2.05, 4.69) is 15.4 Å². The van der Waals surface area contributed by atoms with Crippen LogP contribution in [0.3, 0.4) is 0 Å². The molecule has 2 aromatic rings. The molecule has 0 aromatic carbocycles. The van der Waals surface area contributed by atoms with Crippen molar-refractivity contribution < 1.29 is 14.7 Å². The Morgan fingerprint density at radius 2 is 2.16 bits per heavy atom. The van der Waals surface area contributed by atoms with Crippen LogP contribution in [-0.2, 0) is 4.79 Å². The van der Waals surface area contributed by atoms with Gasteiger partial charge in [0.05, 0.1) is 5.69 Å². The van der Waals surface area contributed by atoms with Gasteiger partial charge in [-0.1, -0.05) is 0 Å². The average molecular weight is 260 g/mol. The lowest BCUT2D eigenvalue weighted by molar-refractivity contribution is -0.119. The summed E-state index contributed by atoms with van der Waals surface area (Å²) in [6.45, 7) is 1.67. The number of rotatable bonds is 4. The second-order valence-corrected chi connectivity index (χ2v) is 3.86. The van der Waals surface area contributed by atoms with Crippen LogP contribution in [0.2, 0.25) is 0 Å². The maximum atomic E-state index is 12.0. The second-order valence-electron chi connectivity index (χ2n) is 3.86. The molecular weight excluding hydrogens is 248 g/mol. The number of aromatic carboxylic acids is 1. The lowest BCUT2D eigenvalue weighted by atomic mass is 10.2. The maximum absolute atomic E-state index is 12.0. The Balaban J connectivity index is 2.18. The Labute approximate surface area is 108 Å². The minimum atomic E-state index is -1.19. The summed E-state index contributed by atoms with van der Waals surface area (Å²) in [7, 11) is 0. The first-order chi connectivity index (χ1) is 9.09. The number of carboxylic acids is 1. The third kappa shape index (κ3) is 2.76. The van der Waals surface area contributed by atoms with E-state index in [0.29, 0.717) is 0 Å². The van der Waals surface area contributed by atoms with Gasteiger partial charge in [-0.3, -0.25) is 9.48 Å². The van der Waals surface area contributed by atoms with E-state index in [9.17, 15) is 9.59 Å². The van der Waals surface area contributed by atoms with Crippen LogP contribution in [-0.4, -0.2) is 31.7 Å². The van der Waals surface area contributed by atoms with E-state index in [1.807, 2.05) is 0 Å². The van der Waals surface area contributed by atoms with Crippen molar-refractivity contribution in [1.29, 1.82) is 0 Å². The summed E-state index contributed by atoms with van der Waals surface area (Å²) in [5.74, 6) is -1.55. The fraction of sp³-hybridized carbons (Fsp3) is 0.167. The number of carbonyl (C=O) groups is 2. The molecule has 0 radical (unpaired) electrons. The summed E-state index contributed by atoms with van der Waals surface area (Å²) in [4.78, 5) is 26.7. The van der Waals surface area contributed by atoms with Crippen molar-refractivity contribution >= 4 is 17.6 Å². The molecule has 0 saturated heterocycles. The molecule has 0 saturated carbocycles. The van der Waals surface area contributed by atoms with Gasteiger partial charge in [-0.25, -0.2) is 9.78 Å². The van der Waals surface area contributed by atoms with Crippen molar-refractivity contribution in [3.8, 4) is 0 Å². The highest BCUT2D eigenvalue weighted by Crippen LogP contribution is 2.14. The molecule has 0 bridgehead atoms. The smallest absolute Gasteiger partial charge is 0.356 e. The minimum Gasteiger partial charge on any atom is -0.476 e. The average Bonchev–Trinajstić information content (AvgIpc) is 2.92. The number of anilines is 1. The van der Waals surface area contributed by atoms with E-state index >= 15 is 0 Å². The zero-order valence-electron chi connectivity index (χ0n) is 10.1. The Hall–Kier alpha value is -2.70. The molecule has 1 atom stereocenters. The molecule has 7 nitrogen and oxygen atoms in total. The van der Waals surface area contributed by atoms with Gasteiger partial charge in [-0.15, -0.1) is 0 Å². The predicted octanol–water partition coefficient (Wildman–Crippen LogP) is 1.18. The zero-order chi connectivity index (χ0) is 13.8. The number of amides is 1. The van der Waals surface area contributed by atoms with Crippen LogP contribution < -0.4 is 5.32 Å². The molecule has 2 aromatic heterocycles. The van der Waals surface area contributed by atoms with Gasteiger partial charge in [0.25, 0.3) is 0 Å². The molecule has 0 aliphatic rings. The van der Waals surface area contributed by atoms with Crippen molar-refractivity contribution in [1.82, 2.24) is 14.8 Å². The fourth-order valence-corrected chi connectivity index (χ4v) is 1.54. The van der Waals surface area contributed by atoms with E-state index in [-0.39, 0.29) is 17.3 Å². The predicted molar refractivity (Wildman–Crippen MR) is 66.8 cm³/mol. The number of pyridine rings is 1. The lowest BCUT2D eigenvalue weighted by Crippen LogP contribution is -2.25. The number of nitrogens with zero attached hydrogens (tertiary/aromatic N) is 3. The van der Waals surface area contributed by atoms with Crippen LogP contribution in [0, 0.1) is 0 Å². The molecule has 2 rings (SSSR count). The molecule has 19 heavy (non-hydrogen) atoms. The van der Waals surface area contributed by atoms with Crippen LogP contribution in [0.5, 0.6) is 0 Å². The molecule has 1 unspecified atom stereocenters.